The van der Waals surface area contributed by atoms with Crippen molar-refractivity contribution < 1.29 is 19.1 Å². The van der Waals surface area contributed by atoms with E-state index in [2.05, 4.69) is 20.9 Å². The molecule has 1 aliphatic heterocycles. The van der Waals surface area contributed by atoms with Gasteiger partial charge in [0.1, 0.15) is 17.5 Å². The molecule has 0 saturated heterocycles. The Morgan fingerprint density at radius 2 is 2.08 bits per heavy atom. The van der Waals surface area contributed by atoms with Crippen LogP contribution in [0.2, 0.25) is 0 Å². The van der Waals surface area contributed by atoms with E-state index in [0.717, 1.165) is 10.4 Å². The van der Waals surface area contributed by atoms with Crippen LogP contribution in [0.5, 0.6) is 5.75 Å². The van der Waals surface area contributed by atoms with Crippen molar-refractivity contribution in [1.29, 1.82) is 0 Å². The summed E-state index contributed by atoms with van der Waals surface area (Å²) in [5, 5.41) is 16.0. The number of aryl methyl sites for hydroxylation is 2. The lowest BCUT2D eigenvalue weighted by atomic mass is 10.1. The van der Waals surface area contributed by atoms with Crippen LogP contribution in [0.3, 0.4) is 0 Å². The summed E-state index contributed by atoms with van der Waals surface area (Å²) in [7, 11) is 0. The van der Waals surface area contributed by atoms with Crippen LogP contribution in [0, 0.1) is 6.92 Å². The van der Waals surface area contributed by atoms with Gasteiger partial charge in [0.15, 0.2) is 0 Å². The van der Waals surface area contributed by atoms with E-state index in [-0.39, 0.29) is 17.7 Å². The van der Waals surface area contributed by atoms with Crippen molar-refractivity contribution in [3.63, 3.8) is 0 Å². The summed E-state index contributed by atoms with van der Waals surface area (Å²) < 4.78 is 7.67. The van der Waals surface area contributed by atoms with Gasteiger partial charge in [0.2, 0.25) is 11.8 Å². The first-order valence-electron chi connectivity index (χ1n) is 12.4. The van der Waals surface area contributed by atoms with Crippen molar-refractivity contribution in [3.8, 4) is 5.75 Å². The maximum Gasteiger partial charge on any atom is 0.255 e. The Hall–Kier alpha value is -3.73. The van der Waals surface area contributed by atoms with Crippen LogP contribution >= 0.6 is 11.3 Å². The normalized spacial score (nSPS) is 17.9. The molecule has 1 atom stereocenters. The topological polar surface area (TPSA) is 118 Å². The Balaban J connectivity index is 1.49. The maximum absolute atomic E-state index is 13.1. The van der Waals surface area contributed by atoms with Gasteiger partial charge < -0.3 is 20.3 Å². The summed E-state index contributed by atoms with van der Waals surface area (Å²) in [4.78, 5) is 41.3. The lowest BCUT2D eigenvalue weighted by Crippen LogP contribution is -2.45. The minimum atomic E-state index is -0.727. The highest BCUT2D eigenvalue weighted by Crippen LogP contribution is 2.21. The molecule has 4 rings (SSSR count). The van der Waals surface area contributed by atoms with E-state index in [9.17, 15) is 14.4 Å². The molecule has 2 bridgehead atoms. The number of thiophene rings is 1. The maximum atomic E-state index is 13.1. The predicted molar refractivity (Wildman–Crippen MR) is 139 cm³/mol. The molecule has 0 fully saturated rings. The molecule has 3 amide bonds. The minimum Gasteiger partial charge on any atom is -0.493 e. The van der Waals surface area contributed by atoms with Crippen LogP contribution in [0.4, 0.5) is 0 Å². The second-order valence-electron chi connectivity index (χ2n) is 9.09. The molecule has 3 heterocycles. The number of hydrogen-bond donors (Lipinski definition) is 2. The van der Waals surface area contributed by atoms with E-state index < -0.39 is 6.04 Å². The molecule has 2 aromatic heterocycles. The van der Waals surface area contributed by atoms with Crippen molar-refractivity contribution in [1.82, 2.24) is 30.5 Å². The Labute approximate surface area is 220 Å². The average Bonchev–Trinajstić information content (AvgIpc) is 3.55. The Morgan fingerprint density at radius 3 is 2.89 bits per heavy atom. The van der Waals surface area contributed by atoms with E-state index >= 15 is 0 Å². The fourth-order valence-electron chi connectivity index (χ4n) is 4.00. The number of rotatable bonds is 2. The van der Waals surface area contributed by atoms with Gasteiger partial charge in [-0.1, -0.05) is 17.3 Å². The number of carbonyl (C=O) groups is 3. The van der Waals surface area contributed by atoms with Gasteiger partial charge in [0, 0.05) is 30.9 Å². The molecule has 1 aromatic carbocycles. The number of fused-ring (bicyclic) bond motifs is 3. The number of nitrogens with one attached hydrogen (secondary N) is 2. The van der Waals surface area contributed by atoms with Gasteiger partial charge in [-0.15, -0.1) is 16.4 Å². The average molecular weight is 525 g/mol. The van der Waals surface area contributed by atoms with Gasteiger partial charge >= 0.3 is 0 Å². The third kappa shape index (κ3) is 7.39. The van der Waals surface area contributed by atoms with Crippen LogP contribution < -0.4 is 15.4 Å². The van der Waals surface area contributed by atoms with E-state index in [1.54, 1.807) is 33.9 Å². The quantitative estimate of drug-likeness (QED) is 0.531. The highest BCUT2D eigenvalue weighted by atomic mass is 32.1. The monoisotopic (exact) mass is 524 g/mol. The number of carbonyl (C=O) groups excluding carboxylic acids is 3. The van der Waals surface area contributed by atoms with Crippen molar-refractivity contribution in [2.24, 2.45) is 0 Å². The third-order valence-corrected chi connectivity index (χ3v) is 6.89. The second kappa shape index (κ2) is 12.5. The Morgan fingerprint density at radius 1 is 1.22 bits per heavy atom. The molecular formula is C26H32N6O4S. The first-order chi connectivity index (χ1) is 17.9. The number of aromatic nitrogens is 3. The first-order valence-corrected chi connectivity index (χ1v) is 13.3. The predicted octanol–water partition coefficient (Wildman–Crippen LogP) is 2.33. The van der Waals surface area contributed by atoms with Crippen LogP contribution in [0.25, 0.3) is 0 Å². The van der Waals surface area contributed by atoms with Crippen LogP contribution in [0.15, 0.2) is 41.9 Å². The van der Waals surface area contributed by atoms with Crippen LogP contribution in [0.1, 0.15) is 46.3 Å². The highest BCUT2D eigenvalue weighted by molar-refractivity contribution is 7.10. The number of hydrogen-bond acceptors (Lipinski definition) is 7. The molecular weight excluding hydrogens is 492 g/mol. The van der Waals surface area contributed by atoms with Gasteiger partial charge in [-0.05, 0) is 49.4 Å². The van der Waals surface area contributed by atoms with Crippen LogP contribution in [-0.4, -0.2) is 63.4 Å². The fourth-order valence-corrected chi connectivity index (χ4v) is 4.70. The zero-order chi connectivity index (χ0) is 26.2. The van der Waals surface area contributed by atoms with Crippen molar-refractivity contribution in [2.75, 3.05) is 19.7 Å². The second-order valence-corrected chi connectivity index (χ2v) is 10.1. The largest absolute Gasteiger partial charge is 0.493 e. The molecule has 1 aliphatic rings. The van der Waals surface area contributed by atoms with E-state index in [4.69, 9.17) is 4.74 Å². The van der Waals surface area contributed by atoms with Gasteiger partial charge in [0.25, 0.3) is 5.91 Å². The zero-order valence-electron chi connectivity index (χ0n) is 21.1. The summed E-state index contributed by atoms with van der Waals surface area (Å²) in [5.41, 5.74) is 2.05. The highest BCUT2D eigenvalue weighted by Gasteiger charge is 2.21. The summed E-state index contributed by atoms with van der Waals surface area (Å²) in [5.74, 6) is -0.194. The smallest absolute Gasteiger partial charge is 0.255 e. The van der Waals surface area contributed by atoms with Gasteiger partial charge in [-0.3, -0.25) is 19.1 Å². The summed E-state index contributed by atoms with van der Waals surface area (Å²) in [6.07, 6.45) is 3.37. The number of amides is 3. The third-order valence-electron chi connectivity index (χ3n) is 6.01. The van der Waals surface area contributed by atoms with Crippen molar-refractivity contribution in [3.05, 3.63) is 63.6 Å². The number of nitrogens with zero attached hydrogens (tertiary/aromatic N) is 4. The van der Waals surface area contributed by atoms with Crippen LogP contribution in [-0.2, 0) is 29.1 Å². The number of ether oxygens (including phenoxy) is 1. The zero-order valence-corrected chi connectivity index (χ0v) is 21.9. The molecule has 11 heteroatoms. The SMILES string of the molecule is Cc1ccc2c(c1)OCCCn1cc(nn1)CN(C(=O)Cc1cccs1)CCCNC(=O)[C@@H](C)NC2=O. The van der Waals surface area contributed by atoms with Crippen molar-refractivity contribution >= 4 is 29.1 Å². The van der Waals surface area contributed by atoms with Gasteiger partial charge in [-0.25, -0.2) is 0 Å². The molecule has 2 N–H and O–H groups in total. The summed E-state index contributed by atoms with van der Waals surface area (Å²) in [6.45, 7) is 5.70. The summed E-state index contributed by atoms with van der Waals surface area (Å²) >= 11 is 1.55. The molecule has 0 aliphatic carbocycles. The fraction of sp³-hybridized carbons (Fsp3) is 0.423. The molecule has 0 unspecified atom stereocenters. The Bertz CT molecular complexity index is 1230. The first kappa shape index (κ1) is 26.3. The lowest BCUT2D eigenvalue weighted by molar-refractivity contribution is -0.131. The standard InChI is InChI=1S/C26H32N6O4S/c1-18-7-8-22-23(14-18)36-12-5-11-32-17-20(29-30-32)16-31(24(33)15-21-6-3-13-37-21)10-4-9-27-25(34)19(2)28-26(22)35/h3,6-8,13-14,17,19H,4-5,9-12,15-16H2,1-2H3,(H,27,34)(H,28,35)/t19-/m1/s1. The summed E-state index contributed by atoms with van der Waals surface area (Å²) in [6, 6.07) is 8.51. The lowest BCUT2D eigenvalue weighted by Gasteiger charge is -2.22. The van der Waals surface area contributed by atoms with Crippen molar-refractivity contribution in [2.45, 2.75) is 52.2 Å². The Kier molecular flexibility index (Phi) is 8.89. The van der Waals surface area contributed by atoms with Gasteiger partial charge in [-0.2, -0.15) is 0 Å². The minimum absolute atomic E-state index is 0.00342. The molecule has 3 aromatic rings. The van der Waals surface area contributed by atoms with E-state index in [1.165, 1.54) is 0 Å². The molecule has 0 spiro atoms. The molecule has 196 valence electrons. The van der Waals surface area contributed by atoms with Gasteiger partial charge in [0.05, 0.1) is 31.3 Å². The van der Waals surface area contributed by atoms with E-state index in [0.29, 0.717) is 69.1 Å². The van der Waals surface area contributed by atoms with E-state index in [1.807, 2.05) is 42.8 Å². The molecule has 0 saturated carbocycles. The molecule has 37 heavy (non-hydrogen) atoms. The molecule has 10 nitrogen and oxygen atoms in total. The number of benzene rings is 1. The molecule has 0 radical (unpaired) electrons.